The van der Waals surface area contributed by atoms with Gasteiger partial charge in [-0.05, 0) is 13.8 Å². The van der Waals surface area contributed by atoms with Gasteiger partial charge >= 0.3 is 5.97 Å². The number of rotatable bonds is 12. The van der Waals surface area contributed by atoms with Gasteiger partial charge in [-0.25, -0.2) is 0 Å². The molecule has 0 heterocycles. The minimum absolute atomic E-state index is 0.155. The van der Waals surface area contributed by atoms with Crippen molar-refractivity contribution in [3.05, 3.63) is 0 Å². The summed E-state index contributed by atoms with van der Waals surface area (Å²) < 4.78 is 10.7. The van der Waals surface area contributed by atoms with Crippen molar-refractivity contribution in [2.45, 2.75) is 65.2 Å². The van der Waals surface area contributed by atoms with E-state index in [0.717, 1.165) is 6.54 Å². The number of hydrogen-bond acceptors (Lipinski definition) is 6. The highest BCUT2D eigenvalue weighted by molar-refractivity contribution is 8.77. The third-order valence-electron chi connectivity index (χ3n) is 2.69. The molecule has 140 valence electrons. The molecule has 0 spiro atoms. The summed E-state index contributed by atoms with van der Waals surface area (Å²) in [6, 6.07) is 0.497. The summed E-state index contributed by atoms with van der Waals surface area (Å²) in [5, 5.41) is 3.44. The highest BCUT2D eigenvalue weighted by atomic mass is 33.1. The molecule has 0 aliphatic carbocycles. The monoisotopic (exact) mass is 375 g/mol. The summed E-state index contributed by atoms with van der Waals surface area (Å²) in [5.74, 6) is 6.72. The van der Waals surface area contributed by atoms with Crippen LogP contribution in [-0.2, 0) is 14.3 Å². The van der Waals surface area contributed by atoms with E-state index in [4.69, 9.17) is 9.47 Å². The van der Waals surface area contributed by atoms with Crippen molar-refractivity contribution in [1.82, 2.24) is 5.32 Å². The Morgan fingerprint density at radius 1 is 1.21 bits per heavy atom. The Labute approximate surface area is 156 Å². The van der Waals surface area contributed by atoms with E-state index < -0.39 is 0 Å². The zero-order chi connectivity index (χ0) is 18.4. The predicted molar refractivity (Wildman–Crippen MR) is 106 cm³/mol. The van der Waals surface area contributed by atoms with E-state index in [1.54, 1.807) is 10.8 Å². The van der Waals surface area contributed by atoms with Gasteiger partial charge in [0.25, 0.3) is 0 Å². The van der Waals surface area contributed by atoms with Gasteiger partial charge in [-0.2, -0.15) is 0 Å². The molecule has 4 nitrogen and oxygen atoms in total. The topological polar surface area (TPSA) is 47.6 Å². The fourth-order valence-electron chi connectivity index (χ4n) is 1.48. The van der Waals surface area contributed by atoms with Crippen molar-refractivity contribution in [3.8, 4) is 11.8 Å². The molecule has 0 saturated carbocycles. The lowest BCUT2D eigenvalue weighted by Gasteiger charge is -2.24. The van der Waals surface area contributed by atoms with Gasteiger partial charge in [0.2, 0.25) is 0 Å². The van der Waals surface area contributed by atoms with Crippen LogP contribution in [0.3, 0.4) is 0 Å². The van der Waals surface area contributed by atoms with Gasteiger partial charge in [-0.1, -0.05) is 49.3 Å². The van der Waals surface area contributed by atoms with Crippen LogP contribution in [0, 0.1) is 17.8 Å². The van der Waals surface area contributed by atoms with Gasteiger partial charge < -0.3 is 14.8 Å². The lowest BCUT2D eigenvalue weighted by atomic mass is 10.2. The fraction of sp³-hybridized carbons (Fsp3) is 0.833. The van der Waals surface area contributed by atoms with Crippen LogP contribution >= 0.6 is 21.6 Å². The second-order valence-corrected chi connectivity index (χ2v) is 9.67. The number of carbonyl (C=O) groups is 1. The van der Waals surface area contributed by atoms with Crippen LogP contribution in [-0.4, -0.2) is 42.5 Å². The normalized spacial score (nSPS) is 11.5. The molecular weight excluding hydrogens is 342 g/mol. The molecule has 0 aromatic rings. The molecule has 6 heteroatoms. The fourth-order valence-corrected chi connectivity index (χ4v) is 3.66. The maximum Gasteiger partial charge on any atom is 0.306 e. The Morgan fingerprint density at radius 2 is 1.92 bits per heavy atom. The number of ether oxygens (including phenoxy) is 2. The Morgan fingerprint density at radius 3 is 2.54 bits per heavy atom. The van der Waals surface area contributed by atoms with Crippen molar-refractivity contribution >= 4 is 27.6 Å². The molecule has 0 aliphatic rings. The first-order valence-electron chi connectivity index (χ1n) is 8.48. The van der Waals surface area contributed by atoms with Crippen molar-refractivity contribution < 1.29 is 14.3 Å². The molecule has 24 heavy (non-hydrogen) atoms. The number of esters is 1. The zero-order valence-electron chi connectivity index (χ0n) is 15.9. The van der Waals surface area contributed by atoms with Crippen LogP contribution in [0.4, 0.5) is 0 Å². The average molecular weight is 376 g/mol. The molecule has 0 bridgehead atoms. The summed E-state index contributed by atoms with van der Waals surface area (Å²) in [6.45, 7) is 14.5. The molecule has 0 aromatic heterocycles. The average Bonchev–Trinajstić information content (AvgIpc) is 2.48. The molecule has 0 aliphatic heterocycles. The van der Waals surface area contributed by atoms with E-state index >= 15 is 0 Å². The van der Waals surface area contributed by atoms with Crippen molar-refractivity contribution in [1.29, 1.82) is 0 Å². The predicted octanol–water partition coefficient (Wildman–Crippen LogP) is 4.10. The van der Waals surface area contributed by atoms with Crippen LogP contribution in [0.25, 0.3) is 0 Å². The van der Waals surface area contributed by atoms with E-state index in [1.807, 2.05) is 24.6 Å². The molecule has 0 atom stereocenters. The SMILES string of the molecule is CC(C)C#CCCC(=O)OCCOCSSC(C)(C)CNC(C)C. The number of carbonyl (C=O) groups excluding carboxylic acids is 1. The van der Waals surface area contributed by atoms with E-state index in [-0.39, 0.29) is 10.7 Å². The molecular formula is C18H33NO3S2. The van der Waals surface area contributed by atoms with Gasteiger partial charge in [0.1, 0.15) is 12.5 Å². The molecule has 0 radical (unpaired) electrons. The van der Waals surface area contributed by atoms with Crippen LogP contribution in [0.2, 0.25) is 0 Å². The summed E-state index contributed by atoms with van der Waals surface area (Å²) >= 11 is 0. The Hall–Kier alpha value is -0.350. The van der Waals surface area contributed by atoms with Crippen molar-refractivity contribution in [2.75, 3.05) is 25.7 Å². The van der Waals surface area contributed by atoms with Crippen LogP contribution in [0.15, 0.2) is 0 Å². The third-order valence-corrected chi connectivity index (χ3v) is 5.66. The van der Waals surface area contributed by atoms with E-state index in [1.165, 1.54) is 0 Å². The highest BCUT2D eigenvalue weighted by Gasteiger charge is 2.18. The Balaban J connectivity index is 3.54. The van der Waals surface area contributed by atoms with Gasteiger partial charge in [-0.3, -0.25) is 4.79 Å². The van der Waals surface area contributed by atoms with Gasteiger partial charge in [0.15, 0.2) is 0 Å². The smallest absolute Gasteiger partial charge is 0.306 e. The number of nitrogens with one attached hydrogen (secondary N) is 1. The molecule has 0 unspecified atom stereocenters. The first-order chi connectivity index (χ1) is 11.2. The Bertz CT molecular complexity index is 401. The maximum absolute atomic E-state index is 11.5. The van der Waals surface area contributed by atoms with Crippen molar-refractivity contribution in [2.24, 2.45) is 5.92 Å². The molecule has 0 saturated heterocycles. The number of hydrogen-bond donors (Lipinski definition) is 1. The van der Waals surface area contributed by atoms with Gasteiger partial charge in [-0.15, -0.1) is 11.8 Å². The van der Waals surface area contributed by atoms with Crippen LogP contribution in [0.1, 0.15) is 54.4 Å². The molecule has 0 fully saturated rings. The van der Waals surface area contributed by atoms with E-state index in [2.05, 4.69) is 44.9 Å². The van der Waals surface area contributed by atoms with E-state index in [9.17, 15) is 4.79 Å². The van der Waals surface area contributed by atoms with Crippen LogP contribution in [0.5, 0.6) is 0 Å². The molecule has 1 N–H and O–H groups in total. The summed E-state index contributed by atoms with van der Waals surface area (Å²) in [7, 11) is 3.49. The summed E-state index contributed by atoms with van der Waals surface area (Å²) in [5.41, 5.74) is 0. The lowest BCUT2D eigenvalue weighted by molar-refractivity contribution is -0.144. The first-order valence-corrected chi connectivity index (χ1v) is 10.8. The standard InChI is InChI=1S/C18H33NO3S2/c1-15(2)9-7-8-10-17(20)22-12-11-21-14-23-24-18(5,6)13-19-16(3)4/h15-16,19H,8,10-14H2,1-6H3. The summed E-state index contributed by atoms with van der Waals surface area (Å²) in [6.07, 6.45) is 0.908. The van der Waals surface area contributed by atoms with Crippen LogP contribution < -0.4 is 5.32 Å². The van der Waals surface area contributed by atoms with Crippen molar-refractivity contribution in [3.63, 3.8) is 0 Å². The van der Waals surface area contributed by atoms with E-state index in [0.29, 0.717) is 44.0 Å². The first kappa shape index (κ1) is 23.6. The molecule has 0 rings (SSSR count). The molecule has 0 amide bonds. The van der Waals surface area contributed by atoms with Gasteiger partial charge in [0.05, 0.1) is 13.0 Å². The second kappa shape index (κ2) is 13.9. The molecule has 0 aromatic carbocycles. The van der Waals surface area contributed by atoms with Gasteiger partial charge in [0, 0.05) is 29.7 Å². The largest absolute Gasteiger partial charge is 0.463 e. The highest BCUT2D eigenvalue weighted by Crippen LogP contribution is 2.35. The zero-order valence-corrected chi connectivity index (χ0v) is 17.6. The minimum atomic E-state index is -0.209. The third kappa shape index (κ3) is 16.5. The quantitative estimate of drug-likeness (QED) is 0.182. The minimum Gasteiger partial charge on any atom is -0.463 e. The lowest BCUT2D eigenvalue weighted by Crippen LogP contribution is -2.35. The summed E-state index contributed by atoms with van der Waals surface area (Å²) in [4.78, 5) is 11.5. The second-order valence-electron chi connectivity index (χ2n) is 6.72. The maximum atomic E-state index is 11.5. The Kier molecular flexibility index (Phi) is 13.7.